The largest absolute Gasteiger partial charge is 0.497 e. The van der Waals surface area contributed by atoms with Crippen molar-refractivity contribution in [3.05, 3.63) is 47.5 Å². The van der Waals surface area contributed by atoms with Crippen LogP contribution in [-0.2, 0) is 10.0 Å². The highest BCUT2D eigenvalue weighted by molar-refractivity contribution is 7.90. The molecule has 0 radical (unpaired) electrons. The lowest BCUT2D eigenvalue weighted by molar-refractivity contribution is 0.233. The number of amidine groups is 1. The molecule has 2 aromatic rings. The number of fused-ring (bicyclic) bond motifs is 1. The molecule has 0 aliphatic carbocycles. The fraction of sp³-hybridized carbons (Fsp3) is 0.364. The van der Waals surface area contributed by atoms with E-state index in [9.17, 15) is 18.5 Å². The zero-order chi connectivity index (χ0) is 24.9. The van der Waals surface area contributed by atoms with Crippen LogP contribution < -0.4 is 14.9 Å². The van der Waals surface area contributed by atoms with Gasteiger partial charge in [0.25, 0.3) is 10.0 Å². The average Bonchev–Trinajstić information content (AvgIpc) is 3.06. The first kappa shape index (κ1) is 25.7. The van der Waals surface area contributed by atoms with E-state index in [1.165, 1.54) is 30.5 Å². The van der Waals surface area contributed by atoms with E-state index in [1.807, 2.05) is 13.8 Å². The summed E-state index contributed by atoms with van der Waals surface area (Å²) in [5.41, 5.74) is 1.21. The van der Waals surface area contributed by atoms with E-state index >= 15 is 0 Å². The maximum absolute atomic E-state index is 12.7. The third kappa shape index (κ3) is 5.95. The molecule has 34 heavy (non-hydrogen) atoms. The van der Waals surface area contributed by atoms with Crippen LogP contribution in [0.25, 0.3) is 0 Å². The number of ether oxygens (including phenoxy) is 2. The Morgan fingerprint density at radius 1 is 1.21 bits per heavy atom. The van der Waals surface area contributed by atoms with E-state index in [1.54, 1.807) is 24.3 Å². The Hall–Kier alpha value is -2.93. The normalized spacial score (nSPS) is 14.3. The molecule has 3 rings (SSSR count). The topological polar surface area (TPSA) is 141 Å². The van der Waals surface area contributed by atoms with Gasteiger partial charge < -0.3 is 24.6 Å². The smallest absolute Gasteiger partial charge is 0.492 e. The Balaban J connectivity index is 1.97. The summed E-state index contributed by atoms with van der Waals surface area (Å²) < 4.78 is 40.2. The molecule has 12 heteroatoms. The summed E-state index contributed by atoms with van der Waals surface area (Å²) in [5, 5.41) is 33.9. The molecular formula is C22H28BN3O7S. The number of sulfonamides is 1. The molecule has 1 heterocycles. The summed E-state index contributed by atoms with van der Waals surface area (Å²) in [4.78, 5) is 0.0731. The van der Waals surface area contributed by atoms with Gasteiger partial charge in [0.15, 0.2) is 5.84 Å². The minimum atomic E-state index is -3.88. The predicted molar refractivity (Wildman–Crippen MR) is 129 cm³/mol. The van der Waals surface area contributed by atoms with Gasteiger partial charge in [0, 0.05) is 30.6 Å². The van der Waals surface area contributed by atoms with Crippen molar-refractivity contribution in [2.24, 2.45) is 15.4 Å². The first-order valence-corrected chi connectivity index (χ1v) is 12.2. The van der Waals surface area contributed by atoms with Gasteiger partial charge >= 0.3 is 7.12 Å². The summed E-state index contributed by atoms with van der Waals surface area (Å²) >= 11 is 0. The molecule has 1 aliphatic heterocycles. The quantitative estimate of drug-likeness (QED) is 0.191. The van der Waals surface area contributed by atoms with Crippen LogP contribution >= 0.6 is 0 Å². The molecule has 2 aromatic carbocycles. The number of hydrazone groups is 1. The SMILES string of the molecule is COc1cc(/C=N/N(CC(C)C)C2=NS(=O)(=O)c3ccc(OCCCO)cc32)ccc1B(O)O. The van der Waals surface area contributed by atoms with Crippen molar-refractivity contribution in [2.45, 2.75) is 25.2 Å². The van der Waals surface area contributed by atoms with Gasteiger partial charge in [-0.2, -0.15) is 13.5 Å². The summed E-state index contributed by atoms with van der Waals surface area (Å²) in [6.07, 6.45) is 1.98. The van der Waals surface area contributed by atoms with Gasteiger partial charge in [-0.15, -0.1) is 4.40 Å². The van der Waals surface area contributed by atoms with E-state index in [0.29, 0.717) is 36.4 Å². The molecule has 0 aromatic heterocycles. The molecule has 0 atom stereocenters. The minimum absolute atomic E-state index is 0.00800. The third-order valence-electron chi connectivity index (χ3n) is 4.91. The zero-order valence-electron chi connectivity index (χ0n) is 19.2. The van der Waals surface area contributed by atoms with Gasteiger partial charge in [-0.05, 0) is 35.7 Å². The molecule has 0 fully saturated rings. The van der Waals surface area contributed by atoms with Gasteiger partial charge in [0.1, 0.15) is 16.4 Å². The Kier molecular flexibility index (Phi) is 8.31. The van der Waals surface area contributed by atoms with E-state index < -0.39 is 17.1 Å². The fourth-order valence-corrected chi connectivity index (χ4v) is 4.53. The second-order valence-corrected chi connectivity index (χ2v) is 9.64. The highest BCUT2D eigenvalue weighted by atomic mass is 32.2. The van der Waals surface area contributed by atoms with Crippen LogP contribution in [0.2, 0.25) is 0 Å². The molecule has 0 unspecified atom stereocenters. The van der Waals surface area contributed by atoms with E-state index in [4.69, 9.17) is 14.6 Å². The molecule has 1 aliphatic rings. The second kappa shape index (κ2) is 11.0. The van der Waals surface area contributed by atoms with Crippen LogP contribution in [0.1, 0.15) is 31.4 Å². The lowest BCUT2D eigenvalue weighted by Crippen LogP contribution is -2.31. The first-order chi connectivity index (χ1) is 16.2. The standard InChI is InChI=1S/C22H28BN3O7S/c1-15(2)14-26(24-13-16-5-7-19(23(28)29)20(11-16)32-3)22-18-12-17(33-10-4-9-27)6-8-21(18)34(30,31)25-22/h5-8,11-13,15,27-29H,4,9-10,14H2,1-3H3/b24-13+. The molecule has 10 nitrogen and oxygen atoms in total. The highest BCUT2D eigenvalue weighted by Crippen LogP contribution is 2.31. The number of methoxy groups -OCH3 is 1. The predicted octanol–water partition coefficient (Wildman–Crippen LogP) is 0.577. The number of aliphatic hydroxyl groups is 1. The summed E-state index contributed by atoms with van der Waals surface area (Å²) in [6.45, 7) is 4.63. The molecule has 0 spiro atoms. The van der Waals surface area contributed by atoms with Gasteiger partial charge in [-0.25, -0.2) is 5.01 Å². The lowest BCUT2D eigenvalue weighted by Gasteiger charge is -2.21. The molecule has 0 amide bonds. The van der Waals surface area contributed by atoms with E-state index in [2.05, 4.69) is 9.50 Å². The average molecular weight is 489 g/mol. The number of aliphatic hydroxyl groups excluding tert-OH is 1. The van der Waals surface area contributed by atoms with Gasteiger partial charge in [0.05, 0.1) is 19.9 Å². The number of hydrogen-bond donors (Lipinski definition) is 3. The molecule has 3 N–H and O–H groups in total. The summed E-state index contributed by atoms with van der Waals surface area (Å²) in [7, 11) is -4.14. The Labute approximate surface area is 199 Å². The molecule has 0 saturated heterocycles. The maximum atomic E-state index is 12.7. The lowest BCUT2D eigenvalue weighted by atomic mass is 9.79. The van der Waals surface area contributed by atoms with Crippen molar-refractivity contribution in [3.63, 3.8) is 0 Å². The van der Waals surface area contributed by atoms with E-state index in [0.717, 1.165) is 0 Å². The number of benzene rings is 2. The number of hydrogen-bond acceptors (Lipinski definition) is 9. The minimum Gasteiger partial charge on any atom is -0.497 e. The van der Waals surface area contributed by atoms with Crippen molar-refractivity contribution < 1.29 is 33.0 Å². The van der Waals surface area contributed by atoms with Crippen LogP contribution in [0.5, 0.6) is 11.5 Å². The van der Waals surface area contributed by atoms with Crippen LogP contribution in [0.4, 0.5) is 0 Å². The first-order valence-electron chi connectivity index (χ1n) is 10.7. The fourth-order valence-electron chi connectivity index (χ4n) is 3.34. The molecular weight excluding hydrogens is 461 g/mol. The zero-order valence-corrected chi connectivity index (χ0v) is 20.1. The van der Waals surface area contributed by atoms with Crippen molar-refractivity contribution >= 4 is 34.7 Å². The van der Waals surface area contributed by atoms with Gasteiger partial charge in [0.2, 0.25) is 0 Å². The van der Waals surface area contributed by atoms with Gasteiger partial charge in [-0.3, -0.25) is 0 Å². The van der Waals surface area contributed by atoms with Crippen molar-refractivity contribution in [2.75, 3.05) is 26.9 Å². The second-order valence-electron chi connectivity index (χ2n) is 8.07. The van der Waals surface area contributed by atoms with Crippen LogP contribution in [0, 0.1) is 5.92 Å². The number of rotatable bonds is 10. The molecule has 182 valence electrons. The number of nitrogens with zero attached hydrogens (tertiary/aromatic N) is 3. The molecule has 0 saturated carbocycles. The Bertz CT molecular complexity index is 1180. The molecule has 0 bridgehead atoms. The van der Waals surface area contributed by atoms with E-state index in [-0.39, 0.29) is 34.5 Å². The van der Waals surface area contributed by atoms with Gasteiger partial charge in [-0.1, -0.05) is 26.0 Å². The van der Waals surface area contributed by atoms with Crippen LogP contribution in [-0.4, -0.2) is 74.6 Å². The maximum Gasteiger partial charge on any atom is 0.492 e. The van der Waals surface area contributed by atoms with Crippen LogP contribution in [0.3, 0.4) is 0 Å². The summed E-state index contributed by atoms with van der Waals surface area (Å²) in [5.74, 6) is 1.07. The summed E-state index contributed by atoms with van der Waals surface area (Å²) in [6, 6.07) is 9.38. The monoisotopic (exact) mass is 489 g/mol. The Morgan fingerprint density at radius 2 is 1.97 bits per heavy atom. The van der Waals surface area contributed by atoms with Crippen molar-refractivity contribution in [1.29, 1.82) is 0 Å². The highest BCUT2D eigenvalue weighted by Gasteiger charge is 2.33. The Morgan fingerprint density at radius 3 is 2.62 bits per heavy atom. The third-order valence-corrected chi connectivity index (χ3v) is 6.24. The van der Waals surface area contributed by atoms with Crippen molar-refractivity contribution in [1.82, 2.24) is 5.01 Å². The van der Waals surface area contributed by atoms with Crippen molar-refractivity contribution in [3.8, 4) is 11.5 Å². The van der Waals surface area contributed by atoms with Crippen LogP contribution in [0.15, 0.2) is 50.8 Å².